The van der Waals surface area contributed by atoms with Crippen molar-refractivity contribution in [3.63, 3.8) is 0 Å². The number of rotatable bonds is 1. The van der Waals surface area contributed by atoms with E-state index in [2.05, 4.69) is 15.7 Å². The maximum Gasteiger partial charge on any atom is 0.264 e. The van der Waals surface area contributed by atoms with Gasteiger partial charge in [0.2, 0.25) is 15.9 Å². The number of anilines is 1. The lowest BCUT2D eigenvalue weighted by molar-refractivity contribution is -0.141. The number of carbonyl (C=O) groups excluding carboxylic acids is 2. The van der Waals surface area contributed by atoms with Gasteiger partial charge in [-0.25, -0.2) is 17.5 Å². The molecule has 0 unspecified atom stereocenters. The number of hydrogen-bond donors (Lipinski definition) is 1. The number of fused-ring (bicyclic) bond motifs is 6. The lowest BCUT2D eigenvalue weighted by atomic mass is 9.70. The molecule has 13 heteroatoms. The summed E-state index contributed by atoms with van der Waals surface area (Å²) in [7, 11) is -4.12. The first-order valence-electron chi connectivity index (χ1n) is 18.3. The van der Waals surface area contributed by atoms with Crippen LogP contribution in [0.4, 0.5) is 10.1 Å². The Kier molecular flexibility index (Phi) is 9.12. The topological polar surface area (TPSA) is 108 Å². The summed E-state index contributed by atoms with van der Waals surface area (Å²) in [6.07, 6.45) is 6.52. The monoisotopic (exact) mass is 740 g/mol. The average Bonchev–Trinajstić information content (AvgIpc) is 3.85. The Morgan fingerprint density at radius 1 is 1.10 bits per heavy atom. The van der Waals surface area contributed by atoms with Crippen LogP contribution in [0.1, 0.15) is 73.9 Å². The molecule has 2 aromatic carbocycles. The number of aryl methyl sites for hydroxylation is 1. The highest BCUT2D eigenvalue weighted by molar-refractivity contribution is 7.90. The summed E-state index contributed by atoms with van der Waals surface area (Å²) in [6.45, 7) is 6.13. The van der Waals surface area contributed by atoms with Gasteiger partial charge in [0.25, 0.3) is 5.91 Å². The minimum Gasteiger partial charge on any atom is -0.490 e. The van der Waals surface area contributed by atoms with Gasteiger partial charge in [0, 0.05) is 41.7 Å². The van der Waals surface area contributed by atoms with E-state index < -0.39 is 44.4 Å². The molecular weight excluding hydrogens is 695 g/mol. The summed E-state index contributed by atoms with van der Waals surface area (Å²) in [4.78, 5) is 34.1. The van der Waals surface area contributed by atoms with Gasteiger partial charge >= 0.3 is 0 Å². The molecule has 8 rings (SSSR count). The third-order valence-electron chi connectivity index (χ3n) is 12.4. The molecule has 6 aliphatic rings. The summed E-state index contributed by atoms with van der Waals surface area (Å²) < 4.78 is 58.4. The van der Waals surface area contributed by atoms with E-state index in [1.54, 1.807) is 30.0 Å². The van der Waals surface area contributed by atoms with E-state index in [1.165, 1.54) is 24.1 Å². The van der Waals surface area contributed by atoms with Gasteiger partial charge in [0.1, 0.15) is 17.6 Å². The Balaban J connectivity index is 1.23. The molecule has 51 heavy (non-hydrogen) atoms. The van der Waals surface area contributed by atoms with Crippen LogP contribution in [0.2, 0.25) is 5.02 Å². The number of allylic oxidation sites excluding steroid dienone is 1. The van der Waals surface area contributed by atoms with Gasteiger partial charge < -0.3 is 19.3 Å². The highest BCUT2D eigenvalue weighted by atomic mass is 35.5. The van der Waals surface area contributed by atoms with Gasteiger partial charge in [-0.2, -0.15) is 0 Å². The standard InChI is InChI=1S/C38H46ClFN4O6S/c1-23-7-11-32(40)35(37(46)44-19-30-17-29(44)20-49-30)43-14-4-6-28(43)18-42-21-38(13-3-5-25-15-27(39)9-10-31(25)38)22-50-34-12-8-26(16-33(34)42)36(45)41-51(47,48)24(23)2/h8-12,15-16,23-24,28-30,35H,3-7,13-14,17-22H2,1-2H3,(H,41,45)/b32-11-/t23-,24+,28-,29+,30+,35-,38-/m0/s1. The minimum absolute atomic E-state index is 0.0277. The van der Waals surface area contributed by atoms with Crippen molar-refractivity contribution in [2.45, 2.75) is 93.7 Å². The first-order valence-corrected chi connectivity index (χ1v) is 20.2. The number of carbonyl (C=O) groups is 2. The Labute approximate surface area is 304 Å². The lowest BCUT2D eigenvalue weighted by Gasteiger charge is -2.43. The van der Waals surface area contributed by atoms with Gasteiger partial charge in [0.05, 0.1) is 36.3 Å². The van der Waals surface area contributed by atoms with Gasteiger partial charge in [-0.15, -0.1) is 0 Å². The molecule has 10 nitrogen and oxygen atoms in total. The summed E-state index contributed by atoms with van der Waals surface area (Å²) in [5.74, 6) is -1.48. The van der Waals surface area contributed by atoms with Crippen LogP contribution >= 0.6 is 11.6 Å². The van der Waals surface area contributed by atoms with E-state index in [0.717, 1.165) is 38.5 Å². The number of halogens is 2. The van der Waals surface area contributed by atoms with Crippen molar-refractivity contribution in [2.24, 2.45) is 5.92 Å². The van der Waals surface area contributed by atoms with Crippen LogP contribution in [-0.2, 0) is 31.4 Å². The van der Waals surface area contributed by atoms with E-state index >= 15 is 4.39 Å². The third kappa shape index (κ3) is 6.33. The third-order valence-corrected chi connectivity index (χ3v) is 14.5. The van der Waals surface area contributed by atoms with Gasteiger partial charge in [-0.05, 0) is 106 Å². The van der Waals surface area contributed by atoms with Crippen molar-refractivity contribution in [1.82, 2.24) is 14.5 Å². The lowest BCUT2D eigenvalue weighted by Crippen LogP contribution is -2.56. The van der Waals surface area contributed by atoms with Crippen LogP contribution in [0.5, 0.6) is 5.75 Å². The highest BCUT2D eigenvalue weighted by Gasteiger charge is 2.48. The molecule has 2 amide bonds. The number of nitrogens with zero attached hydrogens (tertiary/aromatic N) is 3. The van der Waals surface area contributed by atoms with Crippen molar-refractivity contribution >= 4 is 39.1 Å². The Hall–Kier alpha value is -3.19. The fraction of sp³-hybridized carbons (Fsp3) is 0.579. The maximum atomic E-state index is 16.8. The molecule has 2 aromatic rings. The zero-order valence-electron chi connectivity index (χ0n) is 29.2. The summed E-state index contributed by atoms with van der Waals surface area (Å²) in [6, 6.07) is 9.76. The van der Waals surface area contributed by atoms with Gasteiger partial charge in [0.15, 0.2) is 0 Å². The largest absolute Gasteiger partial charge is 0.490 e. The molecular formula is C38H46ClFN4O6S. The van der Waals surface area contributed by atoms with Crippen molar-refractivity contribution < 1.29 is 31.9 Å². The second kappa shape index (κ2) is 13.3. The number of hydrogen-bond acceptors (Lipinski definition) is 8. The second-order valence-corrected chi connectivity index (χ2v) is 18.0. The SMILES string of the molecule is C[C@@H]1[C@@H](C)C/C=C(\F)[C@@H](C(=O)N2C[C@H]3C[C@@H]2CO3)N2CCC[C@H]2CN2C[C@@]3(CCCc4cc(Cl)ccc43)COc3ccc(cc32)C(=O)NS1(=O)=O. The van der Waals surface area contributed by atoms with Crippen LogP contribution in [0, 0.1) is 5.92 Å². The second-order valence-electron chi connectivity index (χ2n) is 15.5. The molecule has 3 saturated heterocycles. The number of nitrogens with one attached hydrogen (secondary N) is 1. The average molecular weight is 741 g/mol. The molecule has 7 atom stereocenters. The highest BCUT2D eigenvalue weighted by Crippen LogP contribution is 2.45. The molecule has 274 valence electrons. The molecule has 1 N–H and O–H groups in total. The predicted octanol–water partition coefficient (Wildman–Crippen LogP) is 4.99. The van der Waals surface area contributed by atoms with E-state index in [1.807, 2.05) is 17.0 Å². The van der Waals surface area contributed by atoms with Crippen molar-refractivity contribution in [3.8, 4) is 5.75 Å². The Bertz CT molecular complexity index is 1880. The molecule has 1 aliphatic carbocycles. The fourth-order valence-corrected chi connectivity index (χ4v) is 10.8. The molecule has 0 radical (unpaired) electrons. The molecule has 5 heterocycles. The molecule has 1 spiro atoms. The van der Waals surface area contributed by atoms with E-state index in [4.69, 9.17) is 21.1 Å². The molecule has 5 aliphatic heterocycles. The summed E-state index contributed by atoms with van der Waals surface area (Å²) in [5, 5.41) is -0.313. The van der Waals surface area contributed by atoms with Crippen LogP contribution in [0.3, 0.4) is 0 Å². The quantitative estimate of drug-likeness (QED) is 0.436. The van der Waals surface area contributed by atoms with Crippen molar-refractivity contribution in [3.05, 3.63) is 70.0 Å². The molecule has 4 bridgehead atoms. The zero-order valence-corrected chi connectivity index (χ0v) is 30.7. The first kappa shape index (κ1) is 34.9. The minimum atomic E-state index is -4.12. The normalized spacial score (nSPS) is 34.6. The maximum absolute atomic E-state index is 16.8. The van der Waals surface area contributed by atoms with Gasteiger partial charge in [-0.3, -0.25) is 14.5 Å². The van der Waals surface area contributed by atoms with Crippen molar-refractivity contribution in [1.29, 1.82) is 0 Å². The number of benzene rings is 2. The number of morpholine rings is 1. The number of amides is 2. The zero-order chi connectivity index (χ0) is 35.7. The van der Waals surface area contributed by atoms with E-state index in [9.17, 15) is 18.0 Å². The molecule has 3 fully saturated rings. The molecule has 0 aromatic heterocycles. The van der Waals surface area contributed by atoms with Crippen molar-refractivity contribution in [2.75, 3.05) is 44.3 Å². The Morgan fingerprint density at radius 2 is 1.94 bits per heavy atom. The van der Waals surface area contributed by atoms with Crippen LogP contribution in [-0.4, -0.2) is 98.9 Å². The van der Waals surface area contributed by atoms with Crippen LogP contribution < -0.4 is 14.4 Å². The number of likely N-dealkylation sites (tertiary alicyclic amines) is 1. The first-order chi connectivity index (χ1) is 24.4. The molecule has 0 saturated carbocycles. The van der Waals surface area contributed by atoms with Gasteiger partial charge in [-0.1, -0.05) is 30.7 Å². The predicted molar refractivity (Wildman–Crippen MR) is 192 cm³/mol. The summed E-state index contributed by atoms with van der Waals surface area (Å²) in [5.41, 5.74) is 2.86. The van der Waals surface area contributed by atoms with Crippen LogP contribution in [0.15, 0.2) is 48.3 Å². The van der Waals surface area contributed by atoms with Crippen LogP contribution in [0.25, 0.3) is 0 Å². The number of sulfonamides is 1. The van der Waals surface area contributed by atoms with E-state index in [0.29, 0.717) is 55.9 Å². The van der Waals surface area contributed by atoms with E-state index in [-0.39, 0.29) is 36.1 Å². The smallest absolute Gasteiger partial charge is 0.264 e. The summed E-state index contributed by atoms with van der Waals surface area (Å²) >= 11 is 6.45. The Morgan fingerprint density at radius 3 is 2.73 bits per heavy atom. The fourth-order valence-electron chi connectivity index (χ4n) is 9.34. The number of ether oxygens (including phenoxy) is 2.